The molecule has 18 heavy (non-hydrogen) atoms. The van der Waals surface area contributed by atoms with E-state index in [9.17, 15) is 9.18 Å². The van der Waals surface area contributed by atoms with Gasteiger partial charge in [0.05, 0.1) is 7.11 Å². The highest BCUT2D eigenvalue weighted by molar-refractivity contribution is 5.67. The number of aliphatic carboxylic acids is 1. The summed E-state index contributed by atoms with van der Waals surface area (Å²) < 4.78 is 18.5. The second kappa shape index (κ2) is 6.35. The van der Waals surface area contributed by atoms with E-state index < -0.39 is 11.8 Å². The Labute approximate surface area is 106 Å². The lowest BCUT2D eigenvalue weighted by Crippen LogP contribution is -2.25. The van der Waals surface area contributed by atoms with Crippen LogP contribution in [0.3, 0.4) is 0 Å². The van der Waals surface area contributed by atoms with Crippen LogP contribution in [0.4, 0.5) is 4.39 Å². The van der Waals surface area contributed by atoms with Gasteiger partial charge in [0.1, 0.15) is 0 Å². The summed E-state index contributed by atoms with van der Waals surface area (Å²) >= 11 is 0. The number of hydrogen-bond donors (Lipinski definition) is 2. The van der Waals surface area contributed by atoms with Crippen LogP contribution in [0.1, 0.15) is 24.9 Å². The lowest BCUT2D eigenvalue weighted by atomic mass is 9.92. The summed E-state index contributed by atoms with van der Waals surface area (Å²) in [6.07, 6.45) is 0.0269. The van der Waals surface area contributed by atoms with Gasteiger partial charge >= 0.3 is 5.97 Å². The Kier molecular flexibility index (Phi) is 5.09. The fraction of sp³-hybridized carbons (Fsp3) is 0.462. The van der Waals surface area contributed by atoms with E-state index >= 15 is 0 Å². The van der Waals surface area contributed by atoms with Crippen molar-refractivity contribution in [2.75, 3.05) is 14.2 Å². The SMILES string of the molecule is CNC(c1ccc(OC)c(F)c1)C(C)CC(=O)O. The molecule has 1 aromatic rings. The lowest BCUT2D eigenvalue weighted by molar-refractivity contribution is -0.138. The molecule has 0 heterocycles. The van der Waals surface area contributed by atoms with Crippen LogP contribution in [0.2, 0.25) is 0 Å². The minimum Gasteiger partial charge on any atom is -0.494 e. The van der Waals surface area contributed by atoms with Crippen LogP contribution in [0.5, 0.6) is 5.75 Å². The zero-order valence-electron chi connectivity index (χ0n) is 10.7. The first kappa shape index (κ1) is 14.4. The molecule has 2 unspecified atom stereocenters. The molecule has 1 aromatic carbocycles. The van der Waals surface area contributed by atoms with E-state index in [4.69, 9.17) is 9.84 Å². The summed E-state index contributed by atoms with van der Waals surface area (Å²) in [5.74, 6) is -1.27. The van der Waals surface area contributed by atoms with E-state index in [0.717, 1.165) is 0 Å². The second-order valence-corrected chi connectivity index (χ2v) is 4.24. The summed E-state index contributed by atoms with van der Waals surface area (Å²) in [6, 6.07) is 4.45. The van der Waals surface area contributed by atoms with Gasteiger partial charge in [0.15, 0.2) is 11.6 Å². The molecule has 5 heteroatoms. The largest absolute Gasteiger partial charge is 0.494 e. The van der Waals surface area contributed by atoms with E-state index in [2.05, 4.69) is 5.32 Å². The van der Waals surface area contributed by atoms with Crippen molar-refractivity contribution in [2.24, 2.45) is 5.92 Å². The predicted octanol–water partition coefficient (Wildman–Crippen LogP) is 2.21. The van der Waals surface area contributed by atoms with Gasteiger partial charge in [-0.2, -0.15) is 0 Å². The maximum absolute atomic E-state index is 13.6. The molecule has 2 N–H and O–H groups in total. The first-order chi connectivity index (χ1) is 8.49. The molecule has 0 aliphatic rings. The smallest absolute Gasteiger partial charge is 0.303 e. The van der Waals surface area contributed by atoms with Gasteiger partial charge in [0.25, 0.3) is 0 Å². The molecule has 0 spiro atoms. The standard InChI is InChI=1S/C13H18FNO3/c1-8(6-12(16)17)13(15-2)9-4-5-11(18-3)10(14)7-9/h4-5,7-8,13,15H,6H2,1-3H3,(H,16,17). The number of carbonyl (C=O) groups is 1. The van der Waals surface area contributed by atoms with Crippen molar-refractivity contribution in [3.63, 3.8) is 0 Å². The van der Waals surface area contributed by atoms with Crippen molar-refractivity contribution < 1.29 is 19.0 Å². The number of hydrogen-bond acceptors (Lipinski definition) is 3. The summed E-state index contributed by atoms with van der Waals surface area (Å²) in [7, 11) is 3.13. The van der Waals surface area contributed by atoms with Crippen LogP contribution in [-0.2, 0) is 4.79 Å². The zero-order valence-corrected chi connectivity index (χ0v) is 10.7. The molecular weight excluding hydrogens is 237 g/mol. The van der Waals surface area contributed by atoms with Crippen LogP contribution in [0.25, 0.3) is 0 Å². The quantitative estimate of drug-likeness (QED) is 0.818. The maximum Gasteiger partial charge on any atom is 0.303 e. The molecule has 2 atom stereocenters. The molecule has 0 saturated carbocycles. The first-order valence-electron chi connectivity index (χ1n) is 5.72. The average molecular weight is 255 g/mol. The zero-order chi connectivity index (χ0) is 13.7. The van der Waals surface area contributed by atoms with Crippen LogP contribution in [0, 0.1) is 11.7 Å². The number of carboxylic acids is 1. The maximum atomic E-state index is 13.6. The minimum absolute atomic E-state index is 0.0269. The topological polar surface area (TPSA) is 58.6 Å². The fourth-order valence-electron chi connectivity index (χ4n) is 2.05. The first-order valence-corrected chi connectivity index (χ1v) is 5.72. The summed E-state index contributed by atoms with van der Waals surface area (Å²) in [4.78, 5) is 10.7. The molecular formula is C13H18FNO3. The molecule has 0 aliphatic heterocycles. The normalized spacial score (nSPS) is 14.0. The highest BCUT2D eigenvalue weighted by Gasteiger charge is 2.21. The van der Waals surface area contributed by atoms with Crippen molar-refractivity contribution in [1.82, 2.24) is 5.32 Å². The van der Waals surface area contributed by atoms with Crippen molar-refractivity contribution in [2.45, 2.75) is 19.4 Å². The van der Waals surface area contributed by atoms with Crippen molar-refractivity contribution >= 4 is 5.97 Å². The number of carboxylic acid groups (broad SMARTS) is 1. The third-order valence-electron chi connectivity index (χ3n) is 2.91. The van der Waals surface area contributed by atoms with E-state index in [1.54, 1.807) is 19.2 Å². The van der Waals surface area contributed by atoms with Gasteiger partial charge in [-0.05, 0) is 30.7 Å². The number of halogens is 1. The molecule has 100 valence electrons. The molecule has 1 rings (SSSR count). The Bertz CT molecular complexity index is 423. The Morgan fingerprint density at radius 1 is 1.56 bits per heavy atom. The van der Waals surface area contributed by atoms with Crippen molar-refractivity contribution in [3.05, 3.63) is 29.6 Å². The van der Waals surface area contributed by atoms with E-state index in [0.29, 0.717) is 5.56 Å². The molecule has 0 aliphatic carbocycles. The Morgan fingerprint density at radius 3 is 2.67 bits per heavy atom. The molecule has 0 fully saturated rings. The molecule has 0 bridgehead atoms. The van der Waals surface area contributed by atoms with Crippen molar-refractivity contribution in [3.8, 4) is 5.75 Å². The summed E-state index contributed by atoms with van der Waals surface area (Å²) in [5, 5.41) is 11.8. The summed E-state index contributed by atoms with van der Waals surface area (Å²) in [5.41, 5.74) is 0.713. The molecule has 4 nitrogen and oxygen atoms in total. The number of methoxy groups -OCH3 is 1. The predicted molar refractivity (Wildman–Crippen MR) is 66.2 cm³/mol. The highest BCUT2D eigenvalue weighted by Crippen LogP contribution is 2.27. The number of rotatable bonds is 6. The van der Waals surface area contributed by atoms with E-state index in [1.165, 1.54) is 13.2 Å². The van der Waals surface area contributed by atoms with Gasteiger partial charge in [0, 0.05) is 12.5 Å². The van der Waals surface area contributed by atoms with Gasteiger partial charge in [-0.3, -0.25) is 4.79 Å². The average Bonchev–Trinajstić information content (AvgIpc) is 2.29. The lowest BCUT2D eigenvalue weighted by Gasteiger charge is -2.23. The molecule has 0 radical (unpaired) electrons. The third-order valence-corrected chi connectivity index (χ3v) is 2.91. The van der Waals surface area contributed by atoms with Gasteiger partial charge in [-0.15, -0.1) is 0 Å². The fourth-order valence-corrected chi connectivity index (χ4v) is 2.05. The highest BCUT2D eigenvalue weighted by atomic mass is 19.1. The monoisotopic (exact) mass is 255 g/mol. The Balaban J connectivity index is 2.94. The van der Waals surface area contributed by atoms with Crippen LogP contribution in [0.15, 0.2) is 18.2 Å². The van der Waals surface area contributed by atoms with E-state index in [-0.39, 0.29) is 24.1 Å². The second-order valence-electron chi connectivity index (χ2n) is 4.24. The number of benzene rings is 1. The van der Waals surface area contributed by atoms with Gasteiger partial charge in [-0.25, -0.2) is 4.39 Å². The molecule has 0 saturated heterocycles. The van der Waals surface area contributed by atoms with Crippen molar-refractivity contribution in [1.29, 1.82) is 0 Å². The van der Waals surface area contributed by atoms with E-state index in [1.807, 2.05) is 6.92 Å². The van der Waals surface area contributed by atoms with Crippen LogP contribution in [-0.4, -0.2) is 25.2 Å². The molecule has 0 aromatic heterocycles. The van der Waals surface area contributed by atoms with Gasteiger partial charge in [-0.1, -0.05) is 13.0 Å². The third kappa shape index (κ3) is 3.43. The van der Waals surface area contributed by atoms with Crippen LogP contribution < -0.4 is 10.1 Å². The Morgan fingerprint density at radius 2 is 2.22 bits per heavy atom. The Hall–Kier alpha value is -1.62. The number of nitrogens with one attached hydrogen (secondary N) is 1. The number of ether oxygens (including phenoxy) is 1. The summed E-state index contributed by atoms with van der Waals surface area (Å²) in [6.45, 7) is 1.82. The van der Waals surface area contributed by atoms with Crippen LogP contribution >= 0.6 is 0 Å². The van der Waals surface area contributed by atoms with Gasteiger partial charge < -0.3 is 15.2 Å². The minimum atomic E-state index is -0.864. The molecule has 0 amide bonds. The van der Waals surface area contributed by atoms with Gasteiger partial charge in [0.2, 0.25) is 0 Å².